The van der Waals surface area contributed by atoms with Crippen LogP contribution in [0.15, 0.2) is 54.6 Å². The maximum atomic E-state index is 11.7. The van der Waals surface area contributed by atoms with Gasteiger partial charge < -0.3 is 5.32 Å². The number of rotatable bonds is 3. The Morgan fingerprint density at radius 2 is 1.79 bits per heavy atom. The molecule has 2 aromatic carbocycles. The van der Waals surface area contributed by atoms with Gasteiger partial charge in [-0.2, -0.15) is 0 Å². The number of benzene rings is 2. The third-order valence-electron chi connectivity index (χ3n) is 2.41. The predicted octanol–water partition coefficient (Wildman–Crippen LogP) is 4.65. The van der Waals surface area contributed by atoms with Gasteiger partial charge in [-0.05, 0) is 29.8 Å². The maximum absolute atomic E-state index is 11.7. The number of anilines is 1. The van der Waals surface area contributed by atoms with Gasteiger partial charge in [0.05, 0.1) is 10.7 Å². The first kappa shape index (κ1) is 13.7. The fraction of sp³-hybridized carbons (Fsp3) is 0. The van der Waals surface area contributed by atoms with E-state index in [1.807, 2.05) is 30.3 Å². The number of carbonyl (C=O) groups excluding carboxylic acids is 1. The highest BCUT2D eigenvalue weighted by atomic mass is 35.5. The van der Waals surface area contributed by atoms with E-state index in [-0.39, 0.29) is 5.91 Å². The molecule has 0 aromatic heterocycles. The fourth-order valence-electron chi connectivity index (χ4n) is 1.50. The van der Waals surface area contributed by atoms with Gasteiger partial charge in [-0.3, -0.25) is 4.79 Å². The Hall–Kier alpha value is -1.77. The van der Waals surface area contributed by atoms with Gasteiger partial charge in [-0.25, -0.2) is 0 Å². The molecule has 1 N–H and O–H groups in total. The van der Waals surface area contributed by atoms with E-state index in [1.54, 1.807) is 24.3 Å². The maximum Gasteiger partial charge on any atom is 0.248 e. The van der Waals surface area contributed by atoms with Gasteiger partial charge in [-0.15, -0.1) is 0 Å². The minimum absolute atomic E-state index is 0.256. The van der Waals surface area contributed by atoms with Crippen molar-refractivity contribution in [1.29, 1.82) is 0 Å². The van der Waals surface area contributed by atoms with Crippen LogP contribution in [0.1, 0.15) is 5.56 Å². The van der Waals surface area contributed by atoms with E-state index in [0.29, 0.717) is 15.7 Å². The second kappa shape index (κ2) is 6.41. The molecule has 0 saturated heterocycles. The lowest BCUT2D eigenvalue weighted by Crippen LogP contribution is -2.08. The lowest BCUT2D eigenvalue weighted by molar-refractivity contribution is -0.111. The highest BCUT2D eigenvalue weighted by molar-refractivity contribution is 6.35. The number of hydrogen-bond donors (Lipinski definition) is 1. The Kier molecular flexibility index (Phi) is 4.61. The van der Waals surface area contributed by atoms with Crippen molar-refractivity contribution < 1.29 is 4.79 Å². The molecule has 0 heterocycles. The van der Waals surface area contributed by atoms with Gasteiger partial charge in [0.15, 0.2) is 0 Å². The topological polar surface area (TPSA) is 29.1 Å². The van der Waals surface area contributed by atoms with Crippen molar-refractivity contribution >= 4 is 40.9 Å². The van der Waals surface area contributed by atoms with Crippen molar-refractivity contribution in [3.63, 3.8) is 0 Å². The minimum Gasteiger partial charge on any atom is -0.321 e. The highest BCUT2D eigenvalue weighted by Crippen LogP contribution is 2.25. The monoisotopic (exact) mass is 291 g/mol. The third kappa shape index (κ3) is 4.12. The lowest BCUT2D eigenvalue weighted by atomic mass is 10.2. The summed E-state index contributed by atoms with van der Waals surface area (Å²) in [4.78, 5) is 11.7. The van der Waals surface area contributed by atoms with E-state index in [4.69, 9.17) is 23.2 Å². The van der Waals surface area contributed by atoms with Gasteiger partial charge >= 0.3 is 0 Å². The van der Waals surface area contributed by atoms with E-state index in [1.165, 1.54) is 6.08 Å². The van der Waals surface area contributed by atoms with Crippen molar-refractivity contribution in [3.8, 4) is 0 Å². The number of nitrogens with one attached hydrogen (secondary N) is 1. The summed E-state index contributed by atoms with van der Waals surface area (Å²) in [7, 11) is 0. The van der Waals surface area contributed by atoms with Crippen LogP contribution in [-0.4, -0.2) is 5.91 Å². The molecule has 0 bridgehead atoms. The van der Waals surface area contributed by atoms with Gasteiger partial charge in [0.1, 0.15) is 0 Å². The van der Waals surface area contributed by atoms with E-state index in [0.717, 1.165) is 5.56 Å². The quantitative estimate of drug-likeness (QED) is 0.820. The summed E-state index contributed by atoms with van der Waals surface area (Å²) in [6.07, 6.45) is 3.18. The molecule has 0 radical (unpaired) electrons. The molecule has 0 atom stereocenters. The van der Waals surface area contributed by atoms with Crippen LogP contribution in [-0.2, 0) is 4.79 Å². The number of halogens is 2. The van der Waals surface area contributed by atoms with E-state index in [9.17, 15) is 4.79 Å². The van der Waals surface area contributed by atoms with Crippen LogP contribution in [0.3, 0.4) is 0 Å². The van der Waals surface area contributed by atoms with Crippen LogP contribution in [0.4, 0.5) is 5.69 Å². The highest BCUT2D eigenvalue weighted by Gasteiger charge is 2.03. The van der Waals surface area contributed by atoms with E-state index >= 15 is 0 Å². The zero-order chi connectivity index (χ0) is 13.7. The summed E-state index contributed by atoms with van der Waals surface area (Å²) >= 11 is 11.8. The average molecular weight is 292 g/mol. The molecule has 2 aromatic rings. The Morgan fingerprint density at radius 1 is 1.05 bits per heavy atom. The van der Waals surface area contributed by atoms with Gasteiger partial charge in [-0.1, -0.05) is 53.5 Å². The summed E-state index contributed by atoms with van der Waals surface area (Å²) in [5, 5.41) is 3.65. The summed E-state index contributed by atoms with van der Waals surface area (Å²) in [6, 6.07) is 14.5. The number of hydrogen-bond acceptors (Lipinski definition) is 1. The Balaban J connectivity index is 2.06. The standard InChI is InChI=1S/C15H11Cl2NO/c16-12-7-8-13(17)14(10-12)18-15(19)9-6-11-4-2-1-3-5-11/h1-10H,(H,18,19)/b9-6-. The summed E-state index contributed by atoms with van der Waals surface area (Å²) < 4.78 is 0. The smallest absolute Gasteiger partial charge is 0.248 e. The number of carbonyl (C=O) groups is 1. The first-order valence-corrected chi connectivity index (χ1v) is 6.40. The van der Waals surface area contributed by atoms with Crippen LogP contribution < -0.4 is 5.32 Å². The fourth-order valence-corrected chi connectivity index (χ4v) is 1.84. The first-order chi connectivity index (χ1) is 9.15. The van der Waals surface area contributed by atoms with Gasteiger partial charge in [0.25, 0.3) is 0 Å². The van der Waals surface area contributed by atoms with Gasteiger partial charge in [0, 0.05) is 11.1 Å². The Labute approximate surface area is 121 Å². The molecule has 0 aliphatic carbocycles. The number of amides is 1. The van der Waals surface area contributed by atoms with E-state index in [2.05, 4.69) is 5.32 Å². The van der Waals surface area contributed by atoms with Crippen LogP contribution >= 0.6 is 23.2 Å². The molecule has 0 unspecified atom stereocenters. The van der Waals surface area contributed by atoms with E-state index < -0.39 is 0 Å². The minimum atomic E-state index is -0.256. The summed E-state index contributed by atoms with van der Waals surface area (Å²) in [5.74, 6) is -0.256. The molecule has 0 fully saturated rings. The Bertz CT molecular complexity index is 609. The molecule has 2 rings (SSSR count). The van der Waals surface area contributed by atoms with Crippen molar-refractivity contribution in [1.82, 2.24) is 0 Å². The molecule has 0 aliphatic heterocycles. The molecule has 4 heteroatoms. The second-order valence-corrected chi connectivity index (χ2v) is 4.70. The molecule has 19 heavy (non-hydrogen) atoms. The molecule has 0 spiro atoms. The van der Waals surface area contributed by atoms with Crippen molar-refractivity contribution in [2.24, 2.45) is 0 Å². The first-order valence-electron chi connectivity index (χ1n) is 5.64. The van der Waals surface area contributed by atoms with Crippen molar-refractivity contribution in [2.45, 2.75) is 0 Å². The van der Waals surface area contributed by atoms with Crippen molar-refractivity contribution in [2.75, 3.05) is 5.32 Å². The predicted molar refractivity (Wildman–Crippen MR) is 80.6 cm³/mol. The SMILES string of the molecule is O=C(/C=C\c1ccccc1)Nc1cc(Cl)ccc1Cl. The molecule has 96 valence electrons. The summed E-state index contributed by atoms with van der Waals surface area (Å²) in [5.41, 5.74) is 1.45. The second-order valence-electron chi connectivity index (χ2n) is 3.86. The van der Waals surface area contributed by atoms with Crippen LogP contribution in [0.2, 0.25) is 10.0 Å². The zero-order valence-electron chi connectivity index (χ0n) is 9.94. The third-order valence-corrected chi connectivity index (χ3v) is 2.98. The molecule has 0 saturated carbocycles. The molecule has 0 aliphatic rings. The Morgan fingerprint density at radius 3 is 2.53 bits per heavy atom. The lowest BCUT2D eigenvalue weighted by Gasteiger charge is -2.05. The normalized spacial score (nSPS) is 10.6. The summed E-state index contributed by atoms with van der Waals surface area (Å²) in [6.45, 7) is 0. The molecular weight excluding hydrogens is 281 g/mol. The van der Waals surface area contributed by atoms with Crippen LogP contribution in [0.5, 0.6) is 0 Å². The molecule has 1 amide bonds. The molecule has 2 nitrogen and oxygen atoms in total. The van der Waals surface area contributed by atoms with Crippen LogP contribution in [0.25, 0.3) is 6.08 Å². The zero-order valence-corrected chi connectivity index (χ0v) is 11.4. The van der Waals surface area contributed by atoms with Crippen molar-refractivity contribution in [3.05, 3.63) is 70.2 Å². The molecular formula is C15H11Cl2NO. The van der Waals surface area contributed by atoms with Crippen LogP contribution in [0, 0.1) is 0 Å². The van der Waals surface area contributed by atoms with Gasteiger partial charge in [0.2, 0.25) is 5.91 Å². The largest absolute Gasteiger partial charge is 0.321 e. The average Bonchev–Trinajstić information content (AvgIpc) is 2.42.